The molecule has 0 aliphatic carbocycles. The Hall–Kier alpha value is -3.61. The molecule has 27 heavy (non-hydrogen) atoms. The van der Waals surface area contributed by atoms with E-state index in [1.807, 2.05) is 56.4 Å². The summed E-state index contributed by atoms with van der Waals surface area (Å²) < 4.78 is 1.74. The van der Waals surface area contributed by atoms with E-state index in [9.17, 15) is 0 Å². The number of hydrogen-bond acceptors (Lipinski definition) is 6. The highest BCUT2D eigenvalue weighted by Gasteiger charge is 2.10. The molecule has 0 unspecified atom stereocenters. The fourth-order valence-electron chi connectivity index (χ4n) is 2.70. The molecule has 0 spiro atoms. The van der Waals surface area contributed by atoms with E-state index in [-0.39, 0.29) is 0 Å². The molecule has 1 N–H and O–H groups in total. The van der Waals surface area contributed by atoms with Crippen molar-refractivity contribution in [3.05, 3.63) is 78.0 Å². The molecule has 0 saturated heterocycles. The van der Waals surface area contributed by atoms with Gasteiger partial charge in [0.15, 0.2) is 11.6 Å². The molecule has 134 valence electrons. The molecule has 7 heteroatoms. The summed E-state index contributed by atoms with van der Waals surface area (Å²) in [6, 6.07) is 11.6. The van der Waals surface area contributed by atoms with Crippen LogP contribution >= 0.6 is 0 Å². The van der Waals surface area contributed by atoms with Gasteiger partial charge in [-0.3, -0.25) is 4.98 Å². The van der Waals surface area contributed by atoms with Gasteiger partial charge in [-0.05, 0) is 49.7 Å². The van der Waals surface area contributed by atoms with Gasteiger partial charge in [-0.25, -0.2) is 19.6 Å². The Kier molecular flexibility index (Phi) is 4.57. The Bertz CT molecular complexity index is 1040. The second kappa shape index (κ2) is 7.33. The van der Waals surface area contributed by atoms with Gasteiger partial charge >= 0.3 is 0 Å². The second-order valence-corrected chi connectivity index (χ2v) is 6.15. The molecule has 4 rings (SSSR count). The molecule has 4 aromatic rings. The number of hydrogen-bond donors (Lipinski definition) is 1. The fourth-order valence-corrected chi connectivity index (χ4v) is 2.70. The Morgan fingerprint density at radius 1 is 0.963 bits per heavy atom. The first kappa shape index (κ1) is 16.8. The molecule has 4 heterocycles. The third kappa shape index (κ3) is 3.67. The summed E-state index contributed by atoms with van der Waals surface area (Å²) in [6.07, 6.45) is 7.13. The van der Waals surface area contributed by atoms with Crippen LogP contribution in [0.25, 0.3) is 17.3 Å². The zero-order valence-electron chi connectivity index (χ0n) is 15.2. The molecule has 0 aromatic carbocycles. The van der Waals surface area contributed by atoms with Crippen molar-refractivity contribution < 1.29 is 0 Å². The van der Waals surface area contributed by atoms with Gasteiger partial charge < -0.3 is 5.32 Å². The maximum Gasteiger partial charge on any atom is 0.180 e. The van der Waals surface area contributed by atoms with Crippen LogP contribution in [0.5, 0.6) is 0 Å². The lowest BCUT2D eigenvalue weighted by atomic mass is 10.2. The lowest BCUT2D eigenvalue weighted by Crippen LogP contribution is -2.08. The van der Waals surface area contributed by atoms with Crippen LogP contribution in [0.1, 0.15) is 16.8 Å². The van der Waals surface area contributed by atoms with Crippen LogP contribution in [-0.2, 0) is 6.54 Å². The van der Waals surface area contributed by atoms with Crippen molar-refractivity contribution in [2.45, 2.75) is 20.4 Å². The number of aromatic nitrogens is 6. The van der Waals surface area contributed by atoms with Crippen molar-refractivity contribution in [2.24, 2.45) is 0 Å². The molecular weight excluding hydrogens is 338 g/mol. The monoisotopic (exact) mass is 357 g/mol. The summed E-state index contributed by atoms with van der Waals surface area (Å²) >= 11 is 0. The number of anilines is 1. The Labute approximate surface area is 157 Å². The topological polar surface area (TPSA) is 81.4 Å². The van der Waals surface area contributed by atoms with Crippen molar-refractivity contribution in [3.63, 3.8) is 0 Å². The minimum atomic E-state index is 0.619. The third-order valence-electron chi connectivity index (χ3n) is 4.29. The minimum Gasteiger partial charge on any atom is -0.366 e. The van der Waals surface area contributed by atoms with E-state index in [1.165, 1.54) is 0 Å². The number of rotatable bonds is 5. The number of aryl methyl sites for hydroxylation is 1. The van der Waals surface area contributed by atoms with Gasteiger partial charge in [0.1, 0.15) is 11.5 Å². The molecule has 0 fully saturated rings. The van der Waals surface area contributed by atoms with Crippen LogP contribution in [0.15, 0.2) is 61.2 Å². The molecule has 0 atom stereocenters. The summed E-state index contributed by atoms with van der Waals surface area (Å²) in [7, 11) is 0. The minimum absolute atomic E-state index is 0.619. The van der Waals surface area contributed by atoms with Gasteiger partial charge in [0, 0.05) is 42.6 Å². The van der Waals surface area contributed by atoms with Gasteiger partial charge in [0.25, 0.3) is 0 Å². The van der Waals surface area contributed by atoms with E-state index < -0.39 is 0 Å². The molecule has 0 saturated carbocycles. The lowest BCUT2D eigenvalue weighted by molar-refractivity contribution is 0.842. The van der Waals surface area contributed by atoms with E-state index in [4.69, 9.17) is 0 Å². The smallest absolute Gasteiger partial charge is 0.180 e. The molecule has 4 aromatic heterocycles. The molecule has 0 aliphatic rings. The lowest BCUT2D eigenvalue weighted by Gasteiger charge is -2.12. The van der Waals surface area contributed by atoms with Gasteiger partial charge in [0.05, 0.1) is 0 Å². The van der Waals surface area contributed by atoms with Gasteiger partial charge in [0.2, 0.25) is 0 Å². The van der Waals surface area contributed by atoms with E-state index in [0.29, 0.717) is 12.4 Å². The maximum atomic E-state index is 4.67. The van der Waals surface area contributed by atoms with Crippen LogP contribution < -0.4 is 5.32 Å². The van der Waals surface area contributed by atoms with Crippen molar-refractivity contribution in [3.8, 4) is 17.3 Å². The molecule has 7 nitrogen and oxygen atoms in total. The predicted octanol–water partition coefficient (Wildman–Crippen LogP) is 3.35. The molecule has 0 radical (unpaired) electrons. The Balaban J connectivity index is 1.58. The van der Waals surface area contributed by atoms with Crippen LogP contribution in [0, 0.1) is 13.8 Å². The maximum absolute atomic E-state index is 4.67. The van der Waals surface area contributed by atoms with E-state index in [0.717, 1.165) is 34.2 Å². The fraction of sp³-hybridized carbons (Fsp3) is 0.150. The van der Waals surface area contributed by atoms with Crippen LogP contribution in [0.2, 0.25) is 0 Å². The largest absolute Gasteiger partial charge is 0.366 e. The van der Waals surface area contributed by atoms with E-state index in [2.05, 4.69) is 30.4 Å². The highest BCUT2D eigenvalue weighted by molar-refractivity contribution is 5.56. The van der Waals surface area contributed by atoms with Crippen molar-refractivity contribution in [1.29, 1.82) is 0 Å². The molecular formula is C20H19N7. The zero-order valence-corrected chi connectivity index (χ0v) is 15.2. The highest BCUT2D eigenvalue weighted by atomic mass is 15.3. The first-order chi connectivity index (χ1) is 13.2. The third-order valence-corrected chi connectivity index (χ3v) is 4.29. The normalized spacial score (nSPS) is 10.7. The van der Waals surface area contributed by atoms with Crippen LogP contribution in [0.4, 0.5) is 5.82 Å². The number of nitrogens with one attached hydrogen (secondary N) is 1. The quantitative estimate of drug-likeness (QED) is 0.590. The average molecular weight is 357 g/mol. The molecule has 0 bridgehead atoms. The van der Waals surface area contributed by atoms with Crippen LogP contribution in [-0.4, -0.2) is 29.7 Å². The second-order valence-electron chi connectivity index (χ2n) is 6.15. The number of pyridine rings is 2. The standard InChI is InChI=1S/C20H19N7/c1-14-15(2)25-20(17-6-3-4-8-21-17)26-19(14)23-13-16-7-10-22-18(12-16)27-11-5-9-24-27/h3-12H,13H2,1-2H3,(H,23,25,26). The summed E-state index contributed by atoms with van der Waals surface area (Å²) in [5.74, 6) is 2.21. The highest BCUT2D eigenvalue weighted by Crippen LogP contribution is 2.21. The summed E-state index contributed by atoms with van der Waals surface area (Å²) in [5, 5.41) is 7.64. The van der Waals surface area contributed by atoms with Crippen molar-refractivity contribution in [2.75, 3.05) is 5.32 Å². The van der Waals surface area contributed by atoms with Gasteiger partial charge in [-0.15, -0.1) is 0 Å². The first-order valence-electron chi connectivity index (χ1n) is 8.66. The van der Waals surface area contributed by atoms with Crippen molar-refractivity contribution in [1.82, 2.24) is 29.7 Å². The van der Waals surface area contributed by atoms with Gasteiger partial charge in [-0.2, -0.15) is 5.10 Å². The van der Waals surface area contributed by atoms with Crippen LogP contribution in [0.3, 0.4) is 0 Å². The summed E-state index contributed by atoms with van der Waals surface area (Å²) in [4.78, 5) is 18.0. The summed E-state index contributed by atoms with van der Waals surface area (Å²) in [6.45, 7) is 4.62. The zero-order chi connectivity index (χ0) is 18.6. The predicted molar refractivity (Wildman–Crippen MR) is 103 cm³/mol. The van der Waals surface area contributed by atoms with E-state index in [1.54, 1.807) is 23.3 Å². The Morgan fingerprint density at radius 2 is 1.89 bits per heavy atom. The van der Waals surface area contributed by atoms with E-state index >= 15 is 0 Å². The number of nitrogens with zero attached hydrogens (tertiary/aromatic N) is 6. The first-order valence-corrected chi connectivity index (χ1v) is 8.66. The van der Waals surface area contributed by atoms with Crippen molar-refractivity contribution >= 4 is 5.82 Å². The summed E-state index contributed by atoms with van der Waals surface area (Å²) in [5.41, 5.74) is 3.80. The average Bonchev–Trinajstić information content (AvgIpc) is 3.25. The van der Waals surface area contributed by atoms with Gasteiger partial charge in [-0.1, -0.05) is 6.07 Å². The molecule has 0 amide bonds. The molecule has 0 aliphatic heterocycles. The Morgan fingerprint density at radius 3 is 2.67 bits per heavy atom. The SMILES string of the molecule is Cc1nc(-c2ccccn2)nc(NCc2ccnc(-n3cccn3)c2)c1C.